The minimum Gasteiger partial charge on any atom is -0.493 e. The van der Waals surface area contributed by atoms with Gasteiger partial charge in [0.2, 0.25) is 0 Å². The van der Waals surface area contributed by atoms with E-state index in [1.54, 1.807) is 25.3 Å². The van der Waals surface area contributed by atoms with Crippen LogP contribution in [0.5, 0.6) is 11.5 Å². The van der Waals surface area contributed by atoms with Crippen molar-refractivity contribution in [2.24, 2.45) is 5.73 Å². The second-order valence-corrected chi connectivity index (χ2v) is 7.38. The zero-order valence-corrected chi connectivity index (χ0v) is 17.7. The Hall–Kier alpha value is -3.94. The number of carbonyl (C=O) groups is 1. The average molecular weight is 419 g/mol. The molecular weight excluding hydrogens is 394 g/mol. The third-order valence-electron chi connectivity index (χ3n) is 5.39. The topological polar surface area (TPSA) is 106 Å². The summed E-state index contributed by atoms with van der Waals surface area (Å²) in [7, 11) is 3.22. The van der Waals surface area contributed by atoms with Gasteiger partial charge in [0, 0.05) is 29.6 Å². The molecule has 1 unspecified atom stereocenters. The third kappa shape index (κ3) is 4.05. The lowest BCUT2D eigenvalue weighted by Crippen LogP contribution is -2.38. The van der Waals surface area contributed by atoms with Crippen molar-refractivity contribution in [2.45, 2.75) is 19.4 Å². The highest BCUT2D eigenvalue weighted by Gasteiger charge is 2.26. The fourth-order valence-corrected chi connectivity index (χ4v) is 3.82. The lowest BCUT2D eigenvalue weighted by molar-refractivity contribution is 0.213. The van der Waals surface area contributed by atoms with Gasteiger partial charge in [0.25, 0.3) is 0 Å². The molecule has 4 N–H and O–H groups in total. The molecule has 2 amide bonds. The van der Waals surface area contributed by atoms with E-state index in [0.717, 1.165) is 33.8 Å². The predicted octanol–water partition coefficient (Wildman–Crippen LogP) is 3.89. The predicted molar refractivity (Wildman–Crippen MR) is 120 cm³/mol. The summed E-state index contributed by atoms with van der Waals surface area (Å²) >= 11 is 0. The number of rotatable bonds is 5. The van der Waals surface area contributed by atoms with E-state index in [1.165, 1.54) is 0 Å². The highest BCUT2D eigenvalue weighted by Crippen LogP contribution is 2.39. The Bertz CT molecular complexity index is 1110. The molecule has 1 aliphatic heterocycles. The van der Waals surface area contributed by atoms with Crippen molar-refractivity contribution in [2.75, 3.05) is 19.5 Å². The lowest BCUT2D eigenvalue weighted by Gasteiger charge is -2.22. The Kier molecular flexibility index (Phi) is 5.53. The number of aromatic nitrogens is 2. The summed E-state index contributed by atoms with van der Waals surface area (Å²) in [6.07, 6.45) is 4.14. The summed E-state index contributed by atoms with van der Waals surface area (Å²) in [4.78, 5) is 13.7. The molecule has 0 fully saturated rings. The first kappa shape index (κ1) is 20.3. The molecule has 160 valence electrons. The van der Waals surface area contributed by atoms with Gasteiger partial charge in [0.1, 0.15) is 5.82 Å². The second kappa shape index (κ2) is 8.43. The Morgan fingerprint density at radius 1 is 1.16 bits per heavy atom. The smallest absolute Gasteiger partial charge is 0.319 e. The van der Waals surface area contributed by atoms with Gasteiger partial charge >= 0.3 is 6.03 Å². The third-order valence-corrected chi connectivity index (χ3v) is 5.39. The molecule has 1 aromatic heterocycles. The second-order valence-electron chi connectivity index (χ2n) is 7.38. The van der Waals surface area contributed by atoms with Crippen LogP contribution >= 0.6 is 0 Å². The molecule has 2 heterocycles. The SMILES string of the molecule is COc1cc2c(cc1OC)C(c1ccc(Nc3ccn[nH]3)cc1)=CN(C(N)=O)C(C)C2. The largest absolute Gasteiger partial charge is 0.493 e. The molecule has 0 saturated heterocycles. The number of hydrogen-bond acceptors (Lipinski definition) is 5. The molecule has 8 heteroatoms. The molecule has 3 aromatic rings. The first-order valence-corrected chi connectivity index (χ1v) is 9.92. The Morgan fingerprint density at radius 2 is 1.87 bits per heavy atom. The summed E-state index contributed by atoms with van der Waals surface area (Å²) in [5.74, 6) is 2.08. The van der Waals surface area contributed by atoms with Crippen LogP contribution in [0.15, 0.2) is 54.9 Å². The summed E-state index contributed by atoms with van der Waals surface area (Å²) < 4.78 is 11.0. The van der Waals surface area contributed by atoms with Crippen LogP contribution in [0.1, 0.15) is 23.6 Å². The van der Waals surface area contributed by atoms with Crippen molar-refractivity contribution in [1.29, 1.82) is 0 Å². The van der Waals surface area contributed by atoms with Crippen molar-refractivity contribution >= 4 is 23.1 Å². The van der Waals surface area contributed by atoms with E-state index in [0.29, 0.717) is 17.9 Å². The first-order valence-electron chi connectivity index (χ1n) is 9.92. The number of nitrogens with two attached hydrogens (primary N) is 1. The molecule has 0 bridgehead atoms. The Labute approximate surface area is 180 Å². The van der Waals surface area contributed by atoms with E-state index < -0.39 is 6.03 Å². The number of aromatic amines is 1. The monoisotopic (exact) mass is 419 g/mol. The number of urea groups is 1. The van der Waals surface area contributed by atoms with Crippen LogP contribution in [0.25, 0.3) is 5.57 Å². The van der Waals surface area contributed by atoms with E-state index in [1.807, 2.05) is 55.6 Å². The number of fused-ring (bicyclic) bond motifs is 1. The van der Waals surface area contributed by atoms with Crippen LogP contribution in [0.3, 0.4) is 0 Å². The number of anilines is 2. The zero-order chi connectivity index (χ0) is 22.0. The molecule has 1 aliphatic rings. The van der Waals surface area contributed by atoms with Gasteiger partial charge in [-0.3, -0.25) is 10.00 Å². The van der Waals surface area contributed by atoms with Gasteiger partial charge in [-0.05, 0) is 54.3 Å². The maximum absolute atomic E-state index is 12.2. The van der Waals surface area contributed by atoms with Crippen molar-refractivity contribution < 1.29 is 14.3 Å². The molecule has 0 spiro atoms. The number of nitrogens with one attached hydrogen (secondary N) is 2. The highest BCUT2D eigenvalue weighted by molar-refractivity contribution is 5.86. The number of nitrogens with zero attached hydrogens (tertiary/aromatic N) is 2. The van der Waals surface area contributed by atoms with E-state index in [9.17, 15) is 4.79 Å². The summed E-state index contributed by atoms with van der Waals surface area (Å²) in [5, 5.41) is 10.1. The average Bonchev–Trinajstić information content (AvgIpc) is 3.22. The van der Waals surface area contributed by atoms with Crippen molar-refractivity contribution in [1.82, 2.24) is 15.1 Å². The minimum absolute atomic E-state index is 0.104. The van der Waals surface area contributed by atoms with Crippen LogP contribution in [-0.2, 0) is 6.42 Å². The van der Waals surface area contributed by atoms with E-state index >= 15 is 0 Å². The van der Waals surface area contributed by atoms with Gasteiger partial charge in [-0.25, -0.2) is 4.79 Å². The quantitative estimate of drug-likeness (QED) is 0.582. The highest BCUT2D eigenvalue weighted by atomic mass is 16.5. The van der Waals surface area contributed by atoms with Gasteiger partial charge < -0.3 is 20.5 Å². The number of ether oxygens (including phenoxy) is 2. The molecule has 0 saturated carbocycles. The van der Waals surface area contributed by atoms with Crippen LogP contribution in [0.2, 0.25) is 0 Å². The Morgan fingerprint density at radius 3 is 2.48 bits per heavy atom. The van der Waals surface area contributed by atoms with E-state index in [-0.39, 0.29) is 6.04 Å². The standard InChI is InChI=1S/C23H25N5O3/c1-14-10-16-11-20(30-2)21(31-3)12-18(16)19(13-28(14)23(24)29)15-4-6-17(7-5-15)26-22-8-9-25-27-22/h4-9,11-14H,10H2,1-3H3,(H2,24,29)(H2,25,26,27). The van der Waals surface area contributed by atoms with Gasteiger partial charge in [0.05, 0.1) is 20.4 Å². The number of carbonyl (C=O) groups excluding carboxylic acids is 1. The zero-order valence-electron chi connectivity index (χ0n) is 17.7. The molecule has 31 heavy (non-hydrogen) atoms. The van der Waals surface area contributed by atoms with E-state index in [4.69, 9.17) is 15.2 Å². The lowest BCUT2D eigenvalue weighted by atomic mass is 9.92. The fraction of sp³-hybridized carbons (Fsp3) is 0.217. The van der Waals surface area contributed by atoms with Crippen LogP contribution in [0.4, 0.5) is 16.3 Å². The van der Waals surface area contributed by atoms with Crippen LogP contribution in [-0.4, -0.2) is 41.4 Å². The molecular formula is C23H25N5O3. The van der Waals surface area contributed by atoms with E-state index in [2.05, 4.69) is 15.5 Å². The molecule has 2 aromatic carbocycles. The van der Waals surface area contributed by atoms with Gasteiger partial charge in [-0.2, -0.15) is 5.10 Å². The maximum atomic E-state index is 12.2. The normalized spacial score (nSPS) is 15.5. The summed E-state index contributed by atoms with van der Waals surface area (Å²) in [5.41, 5.74) is 10.5. The molecule has 1 atom stereocenters. The summed E-state index contributed by atoms with van der Waals surface area (Å²) in [6.45, 7) is 1.97. The van der Waals surface area contributed by atoms with Crippen LogP contribution in [0, 0.1) is 0 Å². The molecule has 0 aliphatic carbocycles. The maximum Gasteiger partial charge on any atom is 0.319 e. The van der Waals surface area contributed by atoms with Crippen molar-refractivity contribution in [3.63, 3.8) is 0 Å². The molecule has 4 rings (SSSR count). The number of H-pyrrole nitrogens is 1. The fourth-order valence-electron chi connectivity index (χ4n) is 3.82. The van der Waals surface area contributed by atoms with Gasteiger partial charge in [-0.15, -0.1) is 0 Å². The molecule has 0 radical (unpaired) electrons. The number of amides is 2. The molecule has 8 nitrogen and oxygen atoms in total. The number of methoxy groups -OCH3 is 2. The van der Waals surface area contributed by atoms with Crippen molar-refractivity contribution in [3.8, 4) is 11.5 Å². The minimum atomic E-state index is -0.491. The first-order chi connectivity index (χ1) is 15.0. The van der Waals surface area contributed by atoms with Crippen molar-refractivity contribution in [3.05, 3.63) is 71.6 Å². The number of benzene rings is 2. The number of hydrogen-bond donors (Lipinski definition) is 3. The van der Waals surface area contributed by atoms with Gasteiger partial charge in [0.15, 0.2) is 11.5 Å². The Balaban J connectivity index is 1.79. The van der Waals surface area contributed by atoms with Gasteiger partial charge in [-0.1, -0.05) is 12.1 Å². The van der Waals surface area contributed by atoms with Crippen LogP contribution < -0.4 is 20.5 Å². The summed E-state index contributed by atoms with van der Waals surface area (Å²) in [6, 6.07) is 13.1. The number of primary amides is 1.